The predicted molar refractivity (Wildman–Crippen MR) is 139 cm³/mol. The summed E-state index contributed by atoms with van der Waals surface area (Å²) in [6.45, 7) is 4.04. The fourth-order valence-corrected chi connectivity index (χ4v) is 6.55. The Labute approximate surface area is 216 Å². The first-order valence-corrected chi connectivity index (χ1v) is 14.5. The van der Waals surface area contributed by atoms with Crippen molar-refractivity contribution in [2.45, 2.75) is 62.5 Å². The fraction of sp³-hybridized carbons (Fsp3) is 0.538. The van der Waals surface area contributed by atoms with Crippen molar-refractivity contribution >= 4 is 27.0 Å². The van der Waals surface area contributed by atoms with Crippen LogP contribution in [0, 0.1) is 5.82 Å². The zero-order chi connectivity index (χ0) is 26.0. The van der Waals surface area contributed by atoms with Gasteiger partial charge in [-0.2, -0.15) is 9.29 Å². The monoisotopic (exact) mass is 531 g/mol. The number of nitrogens with one attached hydrogen (secondary N) is 1. The topological polar surface area (TPSA) is 110 Å². The molecular formula is C26H34FN5O4S. The quantitative estimate of drug-likeness (QED) is 0.424. The van der Waals surface area contributed by atoms with E-state index in [1.165, 1.54) is 16.4 Å². The molecule has 1 aliphatic carbocycles. The molecule has 5 rings (SSSR count). The van der Waals surface area contributed by atoms with Gasteiger partial charge in [0.1, 0.15) is 11.5 Å². The summed E-state index contributed by atoms with van der Waals surface area (Å²) in [6, 6.07) is 4.22. The van der Waals surface area contributed by atoms with E-state index < -0.39 is 15.8 Å². The van der Waals surface area contributed by atoms with Gasteiger partial charge >= 0.3 is 0 Å². The van der Waals surface area contributed by atoms with Crippen LogP contribution in [-0.4, -0.2) is 71.3 Å². The number of hydrogen-bond donors (Lipinski definition) is 2. The average Bonchev–Trinajstić information content (AvgIpc) is 3.28. The van der Waals surface area contributed by atoms with E-state index in [2.05, 4.69) is 21.8 Å². The van der Waals surface area contributed by atoms with Gasteiger partial charge in [0.15, 0.2) is 0 Å². The number of unbranched alkanes of at least 4 members (excludes halogenated alkanes) is 1. The fourth-order valence-electron chi connectivity index (χ4n) is 5.13. The summed E-state index contributed by atoms with van der Waals surface area (Å²) in [5.74, 6) is -0.0901. The molecule has 3 heterocycles. The number of rotatable bonds is 8. The maximum Gasteiger partial charge on any atom is 0.243 e. The van der Waals surface area contributed by atoms with Crippen LogP contribution in [-0.2, 0) is 14.8 Å². The van der Waals surface area contributed by atoms with Crippen LogP contribution >= 0.6 is 0 Å². The van der Waals surface area contributed by atoms with Crippen LogP contribution in [0.4, 0.5) is 10.3 Å². The Bertz CT molecular complexity index is 1350. The van der Waals surface area contributed by atoms with Crippen molar-refractivity contribution in [2.75, 3.05) is 38.2 Å². The standard InChI is InChI=1S/C26H34FN5O4S/c1-2-3-10-28-26-29-16-22-23(17-32(25(22)30-26)18-4-6-19(33)7-5-18)21-9-8-20(15-24(21)27)37(34,35)31-11-13-36-14-12-31/h8-9,15-19,33H,2-7,10-14H2,1H3,(H,28,29,30)/t18-,19-. The van der Waals surface area contributed by atoms with Crippen molar-refractivity contribution < 1.29 is 22.7 Å². The van der Waals surface area contributed by atoms with Crippen LogP contribution in [0.15, 0.2) is 35.5 Å². The molecule has 2 aliphatic rings. The number of sulfonamides is 1. The second-order valence-electron chi connectivity index (χ2n) is 9.78. The van der Waals surface area contributed by atoms with Crippen LogP contribution in [0.25, 0.3) is 22.2 Å². The molecule has 1 aromatic carbocycles. The van der Waals surface area contributed by atoms with Gasteiger partial charge in [0.2, 0.25) is 16.0 Å². The molecule has 200 valence electrons. The van der Waals surface area contributed by atoms with Gasteiger partial charge in [0, 0.05) is 54.6 Å². The molecule has 0 amide bonds. The number of nitrogens with zero attached hydrogens (tertiary/aromatic N) is 4. The third-order valence-electron chi connectivity index (χ3n) is 7.28. The predicted octanol–water partition coefficient (Wildman–Crippen LogP) is 3.95. The van der Waals surface area contributed by atoms with Gasteiger partial charge in [-0.25, -0.2) is 17.8 Å². The van der Waals surface area contributed by atoms with Crippen molar-refractivity contribution in [2.24, 2.45) is 0 Å². The lowest BCUT2D eigenvalue weighted by Gasteiger charge is -2.27. The average molecular weight is 532 g/mol. The Kier molecular flexibility index (Phi) is 7.75. The van der Waals surface area contributed by atoms with E-state index in [1.54, 1.807) is 6.20 Å². The molecule has 37 heavy (non-hydrogen) atoms. The summed E-state index contributed by atoms with van der Waals surface area (Å²) in [5.41, 5.74) is 1.62. The number of aliphatic hydroxyl groups is 1. The van der Waals surface area contributed by atoms with Gasteiger partial charge in [-0.05, 0) is 44.2 Å². The molecular weight excluding hydrogens is 497 g/mol. The number of ether oxygens (including phenoxy) is 1. The first-order valence-electron chi connectivity index (χ1n) is 13.1. The lowest BCUT2D eigenvalue weighted by Crippen LogP contribution is -2.40. The lowest BCUT2D eigenvalue weighted by molar-refractivity contribution is 0.0730. The molecule has 0 radical (unpaired) electrons. The molecule has 0 bridgehead atoms. The van der Waals surface area contributed by atoms with E-state index in [4.69, 9.17) is 9.72 Å². The van der Waals surface area contributed by atoms with Gasteiger partial charge < -0.3 is 19.7 Å². The number of aliphatic hydroxyl groups excluding tert-OH is 1. The molecule has 1 saturated heterocycles. The molecule has 2 aromatic heterocycles. The van der Waals surface area contributed by atoms with Crippen LogP contribution in [0.2, 0.25) is 0 Å². The molecule has 2 N–H and O–H groups in total. The highest BCUT2D eigenvalue weighted by Gasteiger charge is 2.29. The molecule has 0 atom stereocenters. The van der Waals surface area contributed by atoms with Gasteiger partial charge in [0.25, 0.3) is 0 Å². The number of fused-ring (bicyclic) bond motifs is 1. The number of hydrogen-bond acceptors (Lipinski definition) is 7. The van der Waals surface area contributed by atoms with Crippen molar-refractivity contribution in [1.29, 1.82) is 0 Å². The van der Waals surface area contributed by atoms with E-state index >= 15 is 4.39 Å². The van der Waals surface area contributed by atoms with E-state index in [-0.39, 0.29) is 30.1 Å². The number of aromatic nitrogens is 3. The highest BCUT2D eigenvalue weighted by Crippen LogP contribution is 2.38. The zero-order valence-corrected chi connectivity index (χ0v) is 21.9. The first kappa shape index (κ1) is 26.0. The molecule has 1 saturated carbocycles. The number of anilines is 1. The van der Waals surface area contributed by atoms with Crippen molar-refractivity contribution in [3.63, 3.8) is 0 Å². The van der Waals surface area contributed by atoms with Gasteiger partial charge in [0.05, 0.1) is 24.2 Å². The van der Waals surface area contributed by atoms with E-state index in [1.807, 2.05) is 6.20 Å². The Morgan fingerprint density at radius 3 is 2.62 bits per heavy atom. The summed E-state index contributed by atoms with van der Waals surface area (Å²) in [5, 5.41) is 14.0. The summed E-state index contributed by atoms with van der Waals surface area (Å²) in [4.78, 5) is 9.18. The Balaban J connectivity index is 1.53. The van der Waals surface area contributed by atoms with E-state index in [9.17, 15) is 13.5 Å². The van der Waals surface area contributed by atoms with Gasteiger partial charge in [-0.1, -0.05) is 19.4 Å². The zero-order valence-electron chi connectivity index (χ0n) is 21.1. The minimum atomic E-state index is -3.81. The van der Waals surface area contributed by atoms with Gasteiger partial charge in [-0.3, -0.25) is 0 Å². The van der Waals surface area contributed by atoms with Crippen molar-refractivity contribution in [3.8, 4) is 11.1 Å². The maximum atomic E-state index is 15.5. The van der Waals surface area contributed by atoms with Crippen LogP contribution < -0.4 is 5.32 Å². The minimum Gasteiger partial charge on any atom is -0.393 e. The third-order valence-corrected chi connectivity index (χ3v) is 9.18. The highest BCUT2D eigenvalue weighted by molar-refractivity contribution is 7.89. The first-order chi connectivity index (χ1) is 17.9. The smallest absolute Gasteiger partial charge is 0.243 e. The number of benzene rings is 1. The maximum absolute atomic E-state index is 15.5. The van der Waals surface area contributed by atoms with E-state index in [0.29, 0.717) is 54.2 Å². The minimum absolute atomic E-state index is 0.0701. The molecule has 11 heteroatoms. The molecule has 0 spiro atoms. The second kappa shape index (κ2) is 11.0. The summed E-state index contributed by atoms with van der Waals surface area (Å²) >= 11 is 0. The lowest BCUT2D eigenvalue weighted by atomic mass is 9.93. The normalized spacial score (nSPS) is 21.4. The molecule has 1 aliphatic heterocycles. The molecule has 2 fully saturated rings. The van der Waals surface area contributed by atoms with Crippen LogP contribution in [0.1, 0.15) is 51.5 Å². The number of halogens is 1. The largest absolute Gasteiger partial charge is 0.393 e. The molecule has 9 nitrogen and oxygen atoms in total. The summed E-state index contributed by atoms with van der Waals surface area (Å²) < 4.78 is 50.3. The Morgan fingerprint density at radius 2 is 1.92 bits per heavy atom. The SMILES string of the molecule is CCCCNc1ncc2c(-c3ccc(S(=O)(=O)N4CCOCC4)cc3F)cn([C@H]3CC[C@H](O)CC3)c2n1. The van der Waals surface area contributed by atoms with Crippen LogP contribution in [0.5, 0.6) is 0 Å². The molecule has 0 unspecified atom stereocenters. The molecule has 3 aromatic rings. The van der Waals surface area contributed by atoms with E-state index in [0.717, 1.165) is 38.3 Å². The van der Waals surface area contributed by atoms with Crippen LogP contribution in [0.3, 0.4) is 0 Å². The summed E-state index contributed by atoms with van der Waals surface area (Å²) in [6.07, 6.45) is 8.36. The summed E-state index contributed by atoms with van der Waals surface area (Å²) in [7, 11) is -3.81. The Hall–Kier alpha value is -2.60. The second-order valence-corrected chi connectivity index (χ2v) is 11.7. The van der Waals surface area contributed by atoms with Crippen molar-refractivity contribution in [3.05, 3.63) is 36.4 Å². The van der Waals surface area contributed by atoms with Gasteiger partial charge in [-0.15, -0.1) is 0 Å². The van der Waals surface area contributed by atoms with Crippen molar-refractivity contribution in [1.82, 2.24) is 18.8 Å². The number of morpholine rings is 1. The highest BCUT2D eigenvalue weighted by atomic mass is 32.2. The third kappa shape index (κ3) is 5.36. The Morgan fingerprint density at radius 1 is 1.16 bits per heavy atom.